The Hall–Kier alpha value is -1.89. The Morgan fingerprint density at radius 2 is 2.04 bits per heavy atom. The number of fused-ring (bicyclic) bond motifs is 3. The number of hydrogen-bond donors (Lipinski definition) is 1. The lowest BCUT2D eigenvalue weighted by Crippen LogP contribution is -2.44. The number of aromatic nitrogens is 3. The number of carbonyl (C=O) groups excluding carboxylic acids is 1. The third kappa shape index (κ3) is 3.05. The Balaban J connectivity index is 1.60. The van der Waals surface area contributed by atoms with Gasteiger partial charge in [0.05, 0.1) is 24.1 Å². The first-order chi connectivity index (χ1) is 11.7. The van der Waals surface area contributed by atoms with E-state index in [1.54, 1.807) is 6.20 Å². The molecular formula is C17H20BrN5O. The maximum absolute atomic E-state index is 12.8. The van der Waals surface area contributed by atoms with E-state index in [9.17, 15) is 4.79 Å². The molecule has 7 heteroatoms. The summed E-state index contributed by atoms with van der Waals surface area (Å²) in [6.45, 7) is 1.08. The Morgan fingerprint density at radius 1 is 1.21 bits per heavy atom. The molecule has 4 rings (SSSR count). The van der Waals surface area contributed by atoms with Crippen molar-refractivity contribution in [3.05, 3.63) is 40.1 Å². The summed E-state index contributed by atoms with van der Waals surface area (Å²) in [6.07, 6.45) is 7.59. The van der Waals surface area contributed by atoms with Crippen LogP contribution < -0.4 is 5.32 Å². The van der Waals surface area contributed by atoms with Crippen molar-refractivity contribution in [2.24, 2.45) is 0 Å². The fourth-order valence-electron chi connectivity index (χ4n) is 3.57. The van der Waals surface area contributed by atoms with Crippen LogP contribution in [0.4, 0.5) is 4.79 Å². The number of hydrogen-bond acceptors (Lipinski definition) is 3. The van der Waals surface area contributed by atoms with Gasteiger partial charge in [-0.1, -0.05) is 40.4 Å². The van der Waals surface area contributed by atoms with Crippen LogP contribution in [0.25, 0.3) is 5.69 Å². The second kappa shape index (κ2) is 6.55. The molecule has 0 radical (unpaired) electrons. The third-order valence-corrected chi connectivity index (χ3v) is 5.32. The van der Waals surface area contributed by atoms with E-state index in [2.05, 4.69) is 31.6 Å². The zero-order valence-electron chi connectivity index (χ0n) is 13.4. The van der Waals surface area contributed by atoms with E-state index in [1.165, 1.54) is 19.3 Å². The van der Waals surface area contributed by atoms with Gasteiger partial charge < -0.3 is 10.2 Å². The van der Waals surface area contributed by atoms with E-state index < -0.39 is 0 Å². The van der Waals surface area contributed by atoms with Crippen molar-refractivity contribution in [1.29, 1.82) is 0 Å². The lowest BCUT2D eigenvalue weighted by molar-refractivity contribution is 0.184. The summed E-state index contributed by atoms with van der Waals surface area (Å²) >= 11 is 3.52. The molecule has 126 valence electrons. The number of nitrogens with zero attached hydrogens (tertiary/aromatic N) is 4. The van der Waals surface area contributed by atoms with Crippen molar-refractivity contribution in [2.45, 2.75) is 51.2 Å². The largest absolute Gasteiger partial charge is 0.335 e. The quantitative estimate of drug-likeness (QED) is 0.812. The van der Waals surface area contributed by atoms with Crippen LogP contribution in [-0.4, -0.2) is 32.0 Å². The summed E-state index contributed by atoms with van der Waals surface area (Å²) in [5, 5.41) is 11.4. The Bertz CT molecular complexity index is 753. The number of benzene rings is 1. The van der Waals surface area contributed by atoms with Gasteiger partial charge in [-0.15, -0.1) is 5.10 Å². The number of urea groups is 1. The molecule has 6 nitrogen and oxygen atoms in total. The predicted molar refractivity (Wildman–Crippen MR) is 93.7 cm³/mol. The van der Waals surface area contributed by atoms with E-state index in [4.69, 9.17) is 0 Å². The lowest BCUT2D eigenvalue weighted by atomic mass is 9.96. The van der Waals surface area contributed by atoms with E-state index in [-0.39, 0.29) is 6.03 Å². The molecule has 0 bridgehead atoms. The van der Waals surface area contributed by atoms with Crippen molar-refractivity contribution in [3.63, 3.8) is 0 Å². The lowest BCUT2D eigenvalue weighted by Gasteiger charge is -2.27. The highest BCUT2D eigenvalue weighted by Gasteiger charge is 2.25. The van der Waals surface area contributed by atoms with Crippen molar-refractivity contribution in [2.75, 3.05) is 0 Å². The van der Waals surface area contributed by atoms with Crippen LogP contribution in [0.3, 0.4) is 0 Å². The summed E-state index contributed by atoms with van der Waals surface area (Å²) in [4.78, 5) is 14.6. The van der Waals surface area contributed by atoms with Gasteiger partial charge in [0.2, 0.25) is 0 Å². The minimum Gasteiger partial charge on any atom is -0.335 e. The van der Waals surface area contributed by atoms with Crippen LogP contribution in [0.2, 0.25) is 0 Å². The number of halogens is 1. The summed E-state index contributed by atoms with van der Waals surface area (Å²) in [5.74, 6) is 0. The van der Waals surface area contributed by atoms with Crippen LogP contribution in [0.1, 0.15) is 43.4 Å². The SMILES string of the molecule is O=C(NC1CCCCC1)N1Cc2cc(Br)ccc2-n2nncc2C1. The molecule has 0 spiro atoms. The molecule has 1 fully saturated rings. The summed E-state index contributed by atoms with van der Waals surface area (Å²) < 4.78 is 2.83. The van der Waals surface area contributed by atoms with Crippen LogP contribution in [0.5, 0.6) is 0 Å². The van der Waals surface area contributed by atoms with E-state index in [1.807, 2.05) is 27.8 Å². The predicted octanol–water partition coefficient (Wildman–Crippen LogP) is 3.39. The molecule has 0 unspecified atom stereocenters. The molecule has 1 N–H and O–H groups in total. The molecule has 2 aliphatic rings. The second-order valence-corrected chi connectivity index (χ2v) is 7.47. The molecule has 1 saturated carbocycles. The smallest absolute Gasteiger partial charge is 0.318 e. The van der Waals surface area contributed by atoms with Gasteiger partial charge in [0.25, 0.3) is 0 Å². The van der Waals surface area contributed by atoms with Crippen LogP contribution in [0.15, 0.2) is 28.9 Å². The van der Waals surface area contributed by atoms with Gasteiger partial charge in [0, 0.05) is 17.1 Å². The molecule has 2 aromatic rings. The van der Waals surface area contributed by atoms with Gasteiger partial charge >= 0.3 is 6.03 Å². The monoisotopic (exact) mass is 389 g/mol. The van der Waals surface area contributed by atoms with E-state index >= 15 is 0 Å². The van der Waals surface area contributed by atoms with Gasteiger partial charge in [0.15, 0.2) is 0 Å². The highest BCUT2D eigenvalue weighted by Crippen LogP contribution is 2.26. The van der Waals surface area contributed by atoms with E-state index in [0.29, 0.717) is 19.1 Å². The highest BCUT2D eigenvalue weighted by atomic mass is 79.9. The molecule has 2 amide bonds. The van der Waals surface area contributed by atoms with Gasteiger partial charge in [-0.3, -0.25) is 0 Å². The molecule has 2 heterocycles. The summed E-state index contributed by atoms with van der Waals surface area (Å²) in [5.41, 5.74) is 2.97. The third-order valence-electron chi connectivity index (χ3n) is 4.82. The minimum absolute atomic E-state index is 0.00229. The number of nitrogens with one attached hydrogen (secondary N) is 1. The van der Waals surface area contributed by atoms with Gasteiger partial charge in [0.1, 0.15) is 0 Å². The molecule has 1 aromatic heterocycles. The van der Waals surface area contributed by atoms with Gasteiger partial charge in [-0.05, 0) is 36.6 Å². The number of rotatable bonds is 1. The average Bonchev–Trinajstić information content (AvgIpc) is 2.97. The van der Waals surface area contributed by atoms with Gasteiger partial charge in [-0.2, -0.15) is 0 Å². The average molecular weight is 390 g/mol. The van der Waals surface area contributed by atoms with Crippen molar-refractivity contribution in [3.8, 4) is 5.69 Å². The molecule has 0 saturated heterocycles. The fourth-order valence-corrected chi connectivity index (χ4v) is 3.98. The standard InChI is InChI=1S/C17H20BrN5O/c18-13-6-7-16-12(8-13)10-22(11-15-9-19-21-23(15)16)17(24)20-14-4-2-1-3-5-14/h6-9,14H,1-5,10-11H2,(H,20,24). The normalized spacial score (nSPS) is 17.8. The zero-order chi connectivity index (χ0) is 16.5. The van der Waals surface area contributed by atoms with Crippen molar-refractivity contribution >= 4 is 22.0 Å². The molecule has 0 atom stereocenters. The molecule has 1 aromatic carbocycles. The number of carbonyl (C=O) groups is 1. The first-order valence-electron chi connectivity index (χ1n) is 8.44. The van der Waals surface area contributed by atoms with Crippen LogP contribution in [0, 0.1) is 0 Å². The van der Waals surface area contributed by atoms with Crippen molar-refractivity contribution in [1.82, 2.24) is 25.2 Å². The first-order valence-corrected chi connectivity index (χ1v) is 9.24. The van der Waals surface area contributed by atoms with Gasteiger partial charge in [-0.25, -0.2) is 9.48 Å². The molecular weight excluding hydrogens is 370 g/mol. The van der Waals surface area contributed by atoms with Crippen LogP contribution >= 0.6 is 15.9 Å². The first kappa shape index (κ1) is 15.6. The van der Waals surface area contributed by atoms with Crippen LogP contribution in [-0.2, 0) is 13.1 Å². The molecule has 24 heavy (non-hydrogen) atoms. The Morgan fingerprint density at radius 3 is 2.88 bits per heavy atom. The topological polar surface area (TPSA) is 63.1 Å². The highest BCUT2D eigenvalue weighted by molar-refractivity contribution is 9.10. The fraction of sp³-hybridized carbons (Fsp3) is 0.471. The summed E-state index contributed by atoms with van der Waals surface area (Å²) in [6, 6.07) is 6.36. The Kier molecular flexibility index (Phi) is 4.26. The second-order valence-electron chi connectivity index (χ2n) is 6.55. The van der Waals surface area contributed by atoms with E-state index in [0.717, 1.165) is 34.3 Å². The maximum atomic E-state index is 12.8. The molecule has 1 aliphatic heterocycles. The number of amides is 2. The molecule has 1 aliphatic carbocycles. The van der Waals surface area contributed by atoms with Crippen molar-refractivity contribution < 1.29 is 4.79 Å². The minimum atomic E-state index is 0.00229. The summed E-state index contributed by atoms with van der Waals surface area (Å²) in [7, 11) is 0. The maximum Gasteiger partial charge on any atom is 0.318 e. The zero-order valence-corrected chi connectivity index (χ0v) is 15.0. The Labute approximate surface area is 149 Å².